The Labute approximate surface area is 160 Å². The summed E-state index contributed by atoms with van der Waals surface area (Å²) < 4.78 is 29.4. The van der Waals surface area contributed by atoms with E-state index in [0.29, 0.717) is 18.0 Å². The first-order valence-corrected chi connectivity index (χ1v) is 8.79. The van der Waals surface area contributed by atoms with Crippen molar-refractivity contribution in [3.05, 3.63) is 82.3 Å². The van der Waals surface area contributed by atoms with Gasteiger partial charge in [-0.05, 0) is 42.8 Å². The summed E-state index contributed by atoms with van der Waals surface area (Å²) in [5, 5.41) is 0. The third kappa shape index (κ3) is 4.62. The maximum Gasteiger partial charge on any atom is 0.272 e. The van der Waals surface area contributed by atoms with Crippen molar-refractivity contribution in [3.63, 3.8) is 0 Å². The van der Waals surface area contributed by atoms with E-state index in [2.05, 4.69) is 0 Å². The lowest BCUT2D eigenvalue weighted by atomic mass is 10.2. The lowest BCUT2D eigenvalue weighted by Gasteiger charge is -2.11. The minimum Gasteiger partial charge on any atom is -0.493 e. The summed E-state index contributed by atoms with van der Waals surface area (Å²) in [5.41, 5.74) is 2.29. The molecule has 0 saturated heterocycles. The molecule has 0 atom stereocenters. The summed E-state index contributed by atoms with van der Waals surface area (Å²) in [6.07, 6.45) is 1.66. The molecule has 5 nitrogen and oxygen atoms in total. The van der Waals surface area contributed by atoms with Crippen LogP contribution in [-0.2, 0) is 6.61 Å². The molecule has 0 amide bonds. The van der Waals surface area contributed by atoms with E-state index in [0.717, 1.165) is 16.9 Å². The van der Waals surface area contributed by atoms with Gasteiger partial charge in [0.2, 0.25) is 0 Å². The van der Waals surface area contributed by atoms with E-state index in [-0.39, 0.29) is 23.7 Å². The maximum absolute atomic E-state index is 12.5. The number of pyridine rings is 1. The van der Waals surface area contributed by atoms with Gasteiger partial charge in [-0.1, -0.05) is 17.7 Å². The van der Waals surface area contributed by atoms with Crippen molar-refractivity contribution in [3.8, 4) is 22.9 Å². The van der Waals surface area contributed by atoms with Crippen LogP contribution in [0.15, 0.2) is 65.6 Å². The van der Waals surface area contributed by atoms with Gasteiger partial charge in [-0.25, -0.2) is 0 Å². The Morgan fingerprint density at radius 1 is 1.04 bits per heavy atom. The molecule has 3 rings (SSSR count). The predicted molar refractivity (Wildman–Crippen MR) is 103 cm³/mol. The maximum atomic E-state index is 12.5. The molecule has 0 saturated carbocycles. The monoisotopic (exact) mass is 387 g/mol. The summed E-state index contributed by atoms with van der Waals surface area (Å²) in [5.74, 6) is 1.32. The first kappa shape index (κ1) is 18.8. The second kappa shape index (κ2) is 8.64. The van der Waals surface area contributed by atoms with Gasteiger partial charge in [0, 0.05) is 18.3 Å². The predicted octanol–water partition coefficient (Wildman–Crippen LogP) is 4.65. The molecule has 27 heavy (non-hydrogen) atoms. The number of aryl methyl sites for hydroxylation is 1. The van der Waals surface area contributed by atoms with Crippen molar-refractivity contribution in [2.24, 2.45) is 0 Å². The molecule has 2 aromatic carbocycles. The Balaban J connectivity index is 1.78. The summed E-state index contributed by atoms with van der Waals surface area (Å²) in [6.45, 7) is 2.30. The van der Waals surface area contributed by atoms with Gasteiger partial charge in [0.25, 0.3) is 18.0 Å². The molecular formula is C20H18FNO4S. The highest BCUT2D eigenvalue weighted by Gasteiger charge is 2.09. The van der Waals surface area contributed by atoms with Crippen LogP contribution in [-0.4, -0.2) is 11.7 Å². The molecule has 0 aliphatic heterocycles. The van der Waals surface area contributed by atoms with Crippen LogP contribution in [0.5, 0.6) is 17.2 Å². The number of rotatable bonds is 7. The molecule has 0 fully saturated rings. The number of methoxy groups -OCH3 is 1. The smallest absolute Gasteiger partial charge is 0.272 e. The number of nitrogens with zero attached hydrogens (tertiary/aromatic N) is 1. The highest BCUT2D eigenvalue weighted by atomic mass is 32.2. The van der Waals surface area contributed by atoms with Crippen LogP contribution in [0.1, 0.15) is 11.1 Å². The van der Waals surface area contributed by atoms with E-state index in [9.17, 15) is 8.68 Å². The van der Waals surface area contributed by atoms with E-state index in [1.807, 2.05) is 37.3 Å². The van der Waals surface area contributed by atoms with Crippen LogP contribution in [0.25, 0.3) is 5.69 Å². The average molecular weight is 387 g/mol. The molecule has 0 aliphatic carbocycles. The van der Waals surface area contributed by atoms with E-state index in [1.165, 1.54) is 17.7 Å². The number of halogens is 1. The largest absolute Gasteiger partial charge is 0.493 e. The fourth-order valence-corrected chi connectivity index (χ4v) is 2.74. The number of hydrogen-bond acceptors (Lipinski definition) is 5. The van der Waals surface area contributed by atoms with Crippen molar-refractivity contribution in [1.29, 1.82) is 0 Å². The standard InChI is InChI=1S/C20H18FNO4S/c1-14-3-6-17(7-4-14)25-13-15-9-10-22(20(23)11-15)16-5-8-18(26-27-21)19(12-16)24-2/h3-12H,13H2,1-2H3. The SMILES string of the molecule is COc1cc(-n2ccc(COc3ccc(C)cc3)cc2=O)ccc1OSF. The molecule has 0 radical (unpaired) electrons. The zero-order valence-corrected chi connectivity index (χ0v) is 15.7. The van der Waals surface area contributed by atoms with Crippen LogP contribution in [0, 0.1) is 6.92 Å². The van der Waals surface area contributed by atoms with Gasteiger partial charge < -0.3 is 13.7 Å². The van der Waals surface area contributed by atoms with Crippen molar-refractivity contribution < 1.29 is 17.5 Å². The molecule has 0 unspecified atom stereocenters. The fourth-order valence-electron chi connectivity index (χ4n) is 2.53. The Bertz CT molecular complexity index is 972. The molecule has 3 aromatic rings. The molecule has 7 heteroatoms. The first-order valence-electron chi connectivity index (χ1n) is 8.15. The normalized spacial score (nSPS) is 10.5. The molecule has 0 bridgehead atoms. The first-order chi connectivity index (χ1) is 13.1. The quantitative estimate of drug-likeness (QED) is 0.553. The van der Waals surface area contributed by atoms with E-state index < -0.39 is 0 Å². The molecule has 0 N–H and O–H groups in total. The Hall–Kier alpha value is -2.93. The van der Waals surface area contributed by atoms with Crippen LogP contribution in [0.4, 0.5) is 3.89 Å². The van der Waals surface area contributed by atoms with Crippen LogP contribution >= 0.6 is 12.4 Å². The van der Waals surface area contributed by atoms with Crippen LogP contribution in [0.3, 0.4) is 0 Å². The Morgan fingerprint density at radius 3 is 2.48 bits per heavy atom. The Kier molecular flexibility index (Phi) is 6.03. The van der Waals surface area contributed by atoms with Gasteiger partial charge in [-0.3, -0.25) is 9.36 Å². The Morgan fingerprint density at radius 2 is 1.81 bits per heavy atom. The lowest BCUT2D eigenvalue weighted by molar-refractivity contribution is 0.306. The van der Waals surface area contributed by atoms with Gasteiger partial charge in [-0.15, -0.1) is 3.89 Å². The van der Waals surface area contributed by atoms with Crippen molar-refractivity contribution >= 4 is 12.4 Å². The summed E-state index contributed by atoms with van der Waals surface area (Å²) in [4.78, 5) is 12.5. The van der Waals surface area contributed by atoms with E-state index in [4.69, 9.17) is 13.7 Å². The van der Waals surface area contributed by atoms with Gasteiger partial charge in [0.05, 0.1) is 12.8 Å². The second-order valence-corrected chi connectivity index (χ2v) is 6.12. The highest BCUT2D eigenvalue weighted by molar-refractivity contribution is 7.89. The minimum absolute atomic E-state index is 0.212. The van der Waals surface area contributed by atoms with Crippen molar-refractivity contribution in [1.82, 2.24) is 4.57 Å². The number of aromatic nitrogens is 1. The zero-order valence-electron chi connectivity index (χ0n) is 14.8. The number of ether oxygens (including phenoxy) is 2. The molecule has 0 spiro atoms. The van der Waals surface area contributed by atoms with Gasteiger partial charge in [0.1, 0.15) is 12.4 Å². The van der Waals surface area contributed by atoms with Crippen LogP contribution < -0.4 is 19.2 Å². The minimum atomic E-state index is -0.267. The van der Waals surface area contributed by atoms with E-state index >= 15 is 0 Å². The third-order valence-corrected chi connectivity index (χ3v) is 4.20. The molecule has 0 aliphatic rings. The molecule has 140 valence electrons. The summed E-state index contributed by atoms with van der Waals surface area (Å²) >= 11 is -0.267. The fraction of sp³-hybridized carbons (Fsp3) is 0.150. The average Bonchev–Trinajstić information content (AvgIpc) is 2.68. The highest BCUT2D eigenvalue weighted by Crippen LogP contribution is 2.31. The summed E-state index contributed by atoms with van der Waals surface area (Å²) in [6, 6.07) is 15.8. The van der Waals surface area contributed by atoms with Gasteiger partial charge in [-0.2, -0.15) is 0 Å². The molecule has 1 aromatic heterocycles. The number of benzene rings is 2. The van der Waals surface area contributed by atoms with Crippen LogP contribution in [0.2, 0.25) is 0 Å². The molecule has 1 heterocycles. The topological polar surface area (TPSA) is 49.7 Å². The number of hydrogen-bond donors (Lipinski definition) is 0. The zero-order chi connectivity index (χ0) is 19.2. The van der Waals surface area contributed by atoms with Crippen molar-refractivity contribution in [2.75, 3.05) is 7.11 Å². The van der Waals surface area contributed by atoms with E-state index in [1.54, 1.807) is 24.4 Å². The molecular weight excluding hydrogens is 369 g/mol. The van der Waals surface area contributed by atoms with Gasteiger partial charge >= 0.3 is 0 Å². The lowest BCUT2D eigenvalue weighted by Crippen LogP contribution is -2.17. The van der Waals surface area contributed by atoms with Crippen molar-refractivity contribution in [2.45, 2.75) is 13.5 Å². The summed E-state index contributed by atoms with van der Waals surface area (Å²) in [7, 11) is 1.45. The third-order valence-electron chi connectivity index (χ3n) is 3.96. The van der Waals surface area contributed by atoms with Gasteiger partial charge in [0.15, 0.2) is 11.5 Å². The second-order valence-electron chi connectivity index (χ2n) is 5.83.